The maximum Gasteiger partial charge on any atom is 0.376 e. The number of thioether (sulfide) groups is 1. The first-order valence-electron chi connectivity index (χ1n) is 5.54. The molecule has 0 aliphatic carbocycles. The Morgan fingerprint density at radius 1 is 1.26 bits per heavy atom. The van der Waals surface area contributed by atoms with Crippen LogP contribution >= 0.6 is 23.4 Å². The fourth-order valence-corrected chi connectivity index (χ4v) is 2.19. The molecule has 0 spiro atoms. The lowest BCUT2D eigenvalue weighted by atomic mass is 10.1. The highest BCUT2D eigenvalue weighted by molar-refractivity contribution is 8.00. The van der Waals surface area contributed by atoms with Crippen LogP contribution in [0.3, 0.4) is 0 Å². The standard InChI is InChI=1S/C13H13ClO4S/c1-3-18-13(17)11(16)12(19-2)10(15)8-4-6-9(14)7-5-8/h4-7,12H,3H2,1-2H3. The lowest BCUT2D eigenvalue weighted by Gasteiger charge is -2.11. The molecule has 0 saturated carbocycles. The molecule has 1 aromatic carbocycles. The van der Waals surface area contributed by atoms with E-state index in [2.05, 4.69) is 4.74 Å². The van der Waals surface area contributed by atoms with E-state index < -0.39 is 22.8 Å². The largest absolute Gasteiger partial charge is 0.460 e. The number of benzene rings is 1. The second kappa shape index (κ2) is 7.31. The van der Waals surface area contributed by atoms with Crippen LogP contribution in [0.4, 0.5) is 0 Å². The fourth-order valence-electron chi connectivity index (χ4n) is 1.41. The number of ketones is 2. The molecule has 0 saturated heterocycles. The van der Waals surface area contributed by atoms with Crippen LogP contribution < -0.4 is 0 Å². The number of Topliss-reactive ketones (excluding diaryl/α,β-unsaturated/α-hetero) is 2. The first-order chi connectivity index (χ1) is 9.01. The van der Waals surface area contributed by atoms with Crippen molar-refractivity contribution in [3.63, 3.8) is 0 Å². The van der Waals surface area contributed by atoms with Crippen molar-refractivity contribution in [2.24, 2.45) is 0 Å². The zero-order valence-electron chi connectivity index (χ0n) is 10.5. The van der Waals surface area contributed by atoms with Gasteiger partial charge in [-0.2, -0.15) is 0 Å². The Kier molecular flexibility index (Phi) is 6.05. The van der Waals surface area contributed by atoms with Gasteiger partial charge in [-0.25, -0.2) is 4.79 Å². The Hall–Kier alpha value is -1.33. The van der Waals surface area contributed by atoms with Gasteiger partial charge in [0, 0.05) is 10.6 Å². The molecule has 19 heavy (non-hydrogen) atoms. The number of carbonyl (C=O) groups is 3. The Balaban J connectivity index is 2.90. The highest BCUT2D eigenvalue weighted by Gasteiger charge is 2.32. The zero-order chi connectivity index (χ0) is 14.4. The fraction of sp³-hybridized carbons (Fsp3) is 0.308. The number of hydrogen-bond donors (Lipinski definition) is 0. The Bertz CT molecular complexity index is 484. The molecule has 1 rings (SSSR count). The smallest absolute Gasteiger partial charge is 0.376 e. The molecule has 0 fully saturated rings. The molecule has 0 aliphatic rings. The predicted molar refractivity (Wildman–Crippen MR) is 74.7 cm³/mol. The van der Waals surface area contributed by atoms with Crippen molar-refractivity contribution in [1.82, 2.24) is 0 Å². The van der Waals surface area contributed by atoms with E-state index in [0.717, 1.165) is 11.8 Å². The second-order valence-corrected chi connectivity index (χ2v) is 4.95. The van der Waals surface area contributed by atoms with Crippen molar-refractivity contribution in [2.45, 2.75) is 12.2 Å². The van der Waals surface area contributed by atoms with Crippen molar-refractivity contribution < 1.29 is 19.1 Å². The SMILES string of the molecule is CCOC(=O)C(=O)C(SC)C(=O)c1ccc(Cl)cc1. The summed E-state index contributed by atoms with van der Waals surface area (Å²) >= 11 is 6.73. The molecule has 0 aliphatic heterocycles. The van der Waals surface area contributed by atoms with Crippen molar-refractivity contribution >= 4 is 40.9 Å². The predicted octanol–water partition coefficient (Wildman–Crippen LogP) is 2.39. The minimum Gasteiger partial charge on any atom is -0.460 e. The third-order valence-electron chi connectivity index (χ3n) is 2.32. The molecule has 0 heterocycles. The van der Waals surface area contributed by atoms with E-state index >= 15 is 0 Å². The lowest BCUT2D eigenvalue weighted by Crippen LogP contribution is -2.34. The number of hydrogen-bond acceptors (Lipinski definition) is 5. The zero-order valence-corrected chi connectivity index (χ0v) is 12.1. The molecule has 0 radical (unpaired) electrons. The van der Waals surface area contributed by atoms with Gasteiger partial charge in [0.1, 0.15) is 5.25 Å². The number of rotatable bonds is 6. The highest BCUT2D eigenvalue weighted by atomic mass is 35.5. The summed E-state index contributed by atoms with van der Waals surface area (Å²) in [5, 5.41) is -0.589. The van der Waals surface area contributed by atoms with Gasteiger partial charge in [-0.05, 0) is 37.4 Å². The van der Waals surface area contributed by atoms with Crippen LogP contribution in [0.1, 0.15) is 17.3 Å². The van der Waals surface area contributed by atoms with Crippen LogP contribution in [0.25, 0.3) is 0 Å². The number of halogens is 1. The van der Waals surface area contributed by atoms with Crippen LogP contribution in [-0.4, -0.2) is 35.6 Å². The molecular formula is C13H13ClO4S. The molecule has 0 amide bonds. The van der Waals surface area contributed by atoms with Gasteiger partial charge in [0.25, 0.3) is 5.78 Å². The van der Waals surface area contributed by atoms with Crippen LogP contribution in [0, 0.1) is 0 Å². The summed E-state index contributed by atoms with van der Waals surface area (Å²) in [6, 6.07) is 6.15. The molecule has 6 heteroatoms. The van der Waals surface area contributed by atoms with Crippen LogP contribution in [-0.2, 0) is 14.3 Å². The molecule has 0 N–H and O–H groups in total. The summed E-state index contributed by atoms with van der Waals surface area (Å²) < 4.78 is 4.62. The Morgan fingerprint density at radius 3 is 2.32 bits per heavy atom. The molecule has 1 unspecified atom stereocenters. The van der Waals surface area contributed by atoms with Gasteiger partial charge in [-0.1, -0.05) is 11.6 Å². The summed E-state index contributed by atoms with van der Waals surface area (Å²) in [6.07, 6.45) is 1.59. The molecule has 4 nitrogen and oxygen atoms in total. The van der Waals surface area contributed by atoms with Gasteiger partial charge in [-0.15, -0.1) is 11.8 Å². The quantitative estimate of drug-likeness (QED) is 0.349. The van der Waals surface area contributed by atoms with E-state index in [0.29, 0.717) is 10.6 Å². The maximum absolute atomic E-state index is 12.1. The van der Waals surface area contributed by atoms with E-state index in [1.165, 1.54) is 12.1 Å². The van der Waals surface area contributed by atoms with Gasteiger partial charge in [-0.3, -0.25) is 9.59 Å². The molecule has 0 aromatic heterocycles. The average Bonchev–Trinajstić information content (AvgIpc) is 2.40. The second-order valence-electron chi connectivity index (χ2n) is 3.57. The summed E-state index contributed by atoms with van der Waals surface area (Å²) in [6.45, 7) is 1.70. The van der Waals surface area contributed by atoms with Crippen LogP contribution in [0.5, 0.6) is 0 Å². The number of esters is 1. The molecular weight excluding hydrogens is 288 g/mol. The van der Waals surface area contributed by atoms with Gasteiger partial charge in [0.2, 0.25) is 0 Å². The Labute approximate surface area is 120 Å². The molecule has 1 aromatic rings. The van der Waals surface area contributed by atoms with Gasteiger partial charge >= 0.3 is 5.97 Å². The molecule has 0 bridgehead atoms. The van der Waals surface area contributed by atoms with Crippen LogP contribution in [0.2, 0.25) is 5.02 Å². The summed E-state index contributed by atoms with van der Waals surface area (Å²) in [5.74, 6) is -2.25. The molecule has 102 valence electrons. The summed E-state index contributed by atoms with van der Waals surface area (Å²) in [4.78, 5) is 35.3. The summed E-state index contributed by atoms with van der Waals surface area (Å²) in [5.41, 5.74) is 0.335. The van der Waals surface area contributed by atoms with Crippen molar-refractivity contribution in [2.75, 3.05) is 12.9 Å². The number of ether oxygens (including phenoxy) is 1. The monoisotopic (exact) mass is 300 g/mol. The van der Waals surface area contributed by atoms with Gasteiger partial charge in [0.05, 0.1) is 6.61 Å². The normalized spacial score (nSPS) is 11.7. The van der Waals surface area contributed by atoms with Gasteiger partial charge in [0.15, 0.2) is 5.78 Å². The van der Waals surface area contributed by atoms with Crippen molar-refractivity contribution in [3.8, 4) is 0 Å². The van der Waals surface area contributed by atoms with Crippen molar-refractivity contribution in [1.29, 1.82) is 0 Å². The van der Waals surface area contributed by atoms with E-state index in [4.69, 9.17) is 11.6 Å². The first-order valence-corrected chi connectivity index (χ1v) is 7.21. The minimum absolute atomic E-state index is 0.0980. The number of carbonyl (C=O) groups excluding carboxylic acids is 3. The van der Waals surface area contributed by atoms with E-state index in [1.807, 2.05) is 0 Å². The van der Waals surface area contributed by atoms with E-state index in [1.54, 1.807) is 25.3 Å². The van der Waals surface area contributed by atoms with Gasteiger partial charge < -0.3 is 4.74 Å². The van der Waals surface area contributed by atoms with Crippen molar-refractivity contribution in [3.05, 3.63) is 34.9 Å². The third-order valence-corrected chi connectivity index (χ3v) is 3.47. The molecule has 1 atom stereocenters. The Morgan fingerprint density at radius 2 is 1.84 bits per heavy atom. The third kappa shape index (κ3) is 4.08. The lowest BCUT2D eigenvalue weighted by molar-refractivity contribution is -0.152. The summed E-state index contributed by atoms with van der Waals surface area (Å²) in [7, 11) is 0. The van der Waals surface area contributed by atoms with E-state index in [-0.39, 0.29) is 6.61 Å². The van der Waals surface area contributed by atoms with E-state index in [9.17, 15) is 14.4 Å². The topological polar surface area (TPSA) is 60.4 Å². The van der Waals surface area contributed by atoms with Crippen LogP contribution in [0.15, 0.2) is 24.3 Å². The maximum atomic E-state index is 12.1. The first kappa shape index (κ1) is 15.7. The highest BCUT2D eigenvalue weighted by Crippen LogP contribution is 2.18. The average molecular weight is 301 g/mol. The minimum atomic E-state index is -1.08.